The summed E-state index contributed by atoms with van der Waals surface area (Å²) < 4.78 is 44.4. The number of methoxy groups -OCH3 is 3. The number of thiophene rings is 1. The standard InChI is InChI=1S/C28H34N2O6S2/c1-20-5-11-24(37-20)18-29(16-15-21-6-14-26(35-3)27(17-21)36-4)28(31)19-30(22-7-8-22)38(32,33)25-12-9-23(34-2)10-13-25/h5-6,9-14,17,22H,7-8,15-16,18-19H2,1-4H3. The molecule has 4 rings (SSSR count). The van der Waals surface area contributed by atoms with Gasteiger partial charge in [-0.2, -0.15) is 4.31 Å². The van der Waals surface area contributed by atoms with Crippen LogP contribution in [0.2, 0.25) is 0 Å². The molecule has 1 aromatic heterocycles. The molecule has 2 aromatic carbocycles. The van der Waals surface area contributed by atoms with Gasteiger partial charge in [-0.1, -0.05) is 6.07 Å². The molecule has 204 valence electrons. The zero-order valence-corrected chi connectivity index (χ0v) is 23.8. The second-order valence-electron chi connectivity index (χ2n) is 9.22. The number of carbonyl (C=O) groups is 1. The van der Waals surface area contributed by atoms with Crippen molar-refractivity contribution in [1.29, 1.82) is 0 Å². The Balaban J connectivity index is 1.54. The first kappa shape index (κ1) is 27.9. The monoisotopic (exact) mass is 558 g/mol. The van der Waals surface area contributed by atoms with Crippen LogP contribution in [0.1, 0.15) is 28.2 Å². The lowest BCUT2D eigenvalue weighted by Crippen LogP contribution is -2.44. The molecule has 0 radical (unpaired) electrons. The molecule has 0 N–H and O–H groups in total. The molecule has 1 heterocycles. The van der Waals surface area contributed by atoms with Crippen molar-refractivity contribution >= 4 is 27.3 Å². The third-order valence-electron chi connectivity index (χ3n) is 6.53. The molecule has 1 saturated carbocycles. The Bertz CT molecular complexity index is 1350. The van der Waals surface area contributed by atoms with Crippen LogP contribution in [0.15, 0.2) is 59.5 Å². The summed E-state index contributed by atoms with van der Waals surface area (Å²) in [6, 6.07) is 15.9. The van der Waals surface area contributed by atoms with E-state index in [-0.39, 0.29) is 23.4 Å². The summed E-state index contributed by atoms with van der Waals surface area (Å²) in [5, 5.41) is 0. The highest BCUT2D eigenvalue weighted by atomic mass is 32.2. The molecule has 3 aromatic rings. The molecule has 1 aliphatic carbocycles. The van der Waals surface area contributed by atoms with Crippen LogP contribution in [0, 0.1) is 6.92 Å². The van der Waals surface area contributed by atoms with E-state index >= 15 is 0 Å². The van der Waals surface area contributed by atoms with Gasteiger partial charge in [0.25, 0.3) is 0 Å². The van der Waals surface area contributed by atoms with Gasteiger partial charge in [0.1, 0.15) is 5.75 Å². The Morgan fingerprint density at radius 3 is 2.24 bits per heavy atom. The first-order chi connectivity index (χ1) is 18.2. The van der Waals surface area contributed by atoms with Gasteiger partial charge in [0.2, 0.25) is 15.9 Å². The number of amides is 1. The number of hydrogen-bond donors (Lipinski definition) is 0. The van der Waals surface area contributed by atoms with Gasteiger partial charge in [0.05, 0.1) is 39.3 Å². The van der Waals surface area contributed by atoms with Crippen molar-refractivity contribution in [3.8, 4) is 17.2 Å². The molecule has 0 unspecified atom stereocenters. The Morgan fingerprint density at radius 1 is 0.947 bits per heavy atom. The van der Waals surface area contributed by atoms with Gasteiger partial charge in [-0.05, 0) is 80.3 Å². The molecule has 1 amide bonds. The normalized spacial score (nSPS) is 13.4. The average Bonchev–Trinajstić information content (AvgIpc) is 3.69. The van der Waals surface area contributed by atoms with E-state index in [0.717, 1.165) is 28.2 Å². The molecule has 0 saturated heterocycles. The molecule has 0 atom stereocenters. The predicted octanol–water partition coefficient (Wildman–Crippen LogP) is 4.51. The summed E-state index contributed by atoms with van der Waals surface area (Å²) in [4.78, 5) is 17.8. The van der Waals surface area contributed by atoms with Crippen molar-refractivity contribution in [2.24, 2.45) is 0 Å². The van der Waals surface area contributed by atoms with Gasteiger partial charge >= 0.3 is 0 Å². The molecule has 8 nitrogen and oxygen atoms in total. The van der Waals surface area contributed by atoms with Crippen LogP contribution in [0.5, 0.6) is 17.2 Å². The maximum Gasteiger partial charge on any atom is 0.243 e. The first-order valence-corrected chi connectivity index (χ1v) is 14.7. The molecule has 1 aliphatic rings. The SMILES string of the molecule is COc1ccc(S(=O)(=O)N(CC(=O)N(CCc2ccc(OC)c(OC)c2)Cc2ccc(C)s2)C2CC2)cc1. The van der Waals surface area contributed by atoms with Crippen LogP contribution >= 0.6 is 11.3 Å². The van der Waals surface area contributed by atoms with E-state index in [1.54, 1.807) is 42.6 Å². The lowest BCUT2D eigenvalue weighted by Gasteiger charge is -2.27. The number of ether oxygens (including phenoxy) is 3. The van der Waals surface area contributed by atoms with Gasteiger partial charge in [0.15, 0.2) is 11.5 Å². The van der Waals surface area contributed by atoms with Gasteiger partial charge in [-0.15, -0.1) is 11.3 Å². The molecular weight excluding hydrogens is 524 g/mol. The van der Waals surface area contributed by atoms with E-state index in [0.29, 0.717) is 36.8 Å². The van der Waals surface area contributed by atoms with E-state index in [1.807, 2.05) is 37.3 Å². The number of nitrogens with zero attached hydrogens (tertiary/aromatic N) is 2. The average molecular weight is 559 g/mol. The van der Waals surface area contributed by atoms with Crippen molar-refractivity contribution < 1.29 is 27.4 Å². The van der Waals surface area contributed by atoms with Gasteiger partial charge in [-0.25, -0.2) is 8.42 Å². The second-order valence-corrected chi connectivity index (χ2v) is 12.5. The van der Waals surface area contributed by atoms with E-state index in [2.05, 4.69) is 0 Å². The minimum Gasteiger partial charge on any atom is -0.497 e. The fourth-order valence-corrected chi connectivity index (χ4v) is 6.78. The van der Waals surface area contributed by atoms with Crippen LogP contribution in [-0.4, -0.2) is 64.0 Å². The minimum absolute atomic E-state index is 0.156. The number of rotatable bonds is 13. The molecule has 0 spiro atoms. The largest absolute Gasteiger partial charge is 0.497 e. The van der Waals surface area contributed by atoms with Crippen molar-refractivity contribution in [2.75, 3.05) is 34.4 Å². The van der Waals surface area contributed by atoms with Crippen molar-refractivity contribution in [1.82, 2.24) is 9.21 Å². The Morgan fingerprint density at radius 2 is 1.66 bits per heavy atom. The van der Waals surface area contributed by atoms with E-state index < -0.39 is 10.0 Å². The predicted molar refractivity (Wildman–Crippen MR) is 148 cm³/mol. The summed E-state index contributed by atoms with van der Waals surface area (Å²) in [5.41, 5.74) is 0.993. The third-order valence-corrected chi connectivity index (χ3v) is 9.42. The zero-order valence-electron chi connectivity index (χ0n) is 22.2. The van der Waals surface area contributed by atoms with Crippen LogP contribution in [0.25, 0.3) is 0 Å². The fraction of sp³-hybridized carbons (Fsp3) is 0.393. The maximum absolute atomic E-state index is 13.7. The summed E-state index contributed by atoms with van der Waals surface area (Å²) in [7, 11) is 0.870. The van der Waals surface area contributed by atoms with Crippen LogP contribution in [0.4, 0.5) is 0 Å². The molecule has 0 bridgehead atoms. The fourth-order valence-electron chi connectivity index (χ4n) is 4.24. The highest BCUT2D eigenvalue weighted by Crippen LogP contribution is 2.33. The number of benzene rings is 2. The molecule has 38 heavy (non-hydrogen) atoms. The van der Waals surface area contributed by atoms with Gasteiger partial charge < -0.3 is 19.1 Å². The Hall–Kier alpha value is -3.08. The maximum atomic E-state index is 13.7. The highest BCUT2D eigenvalue weighted by Gasteiger charge is 2.40. The van der Waals surface area contributed by atoms with E-state index in [4.69, 9.17) is 14.2 Å². The summed E-state index contributed by atoms with van der Waals surface area (Å²) in [6.07, 6.45) is 2.09. The summed E-state index contributed by atoms with van der Waals surface area (Å²) in [6.45, 7) is 2.69. The van der Waals surface area contributed by atoms with E-state index in [9.17, 15) is 13.2 Å². The van der Waals surface area contributed by atoms with Crippen molar-refractivity contribution in [2.45, 2.75) is 43.7 Å². The molecule has 0 aliphatic heterocycles. The Labute approximate surface area is 228 Å². The smallest absolute Gasteiger partial charge is 0.243 e. The Kier molecular flexibility index (Phi) is 8.96. The topological polar surface area (TPSA) is 85.4 Å². The zero-order chi connectivity index (χ0) is 27.3. The van der Waals surface area contributed by atoms with Crippen molar-refractivity contribution in [3.05, 3.63) is 69.9 Å². The molecular formula is C28H34N2O6S2. The van der Waals surface area contributed by atoms with Crippen LogP contribution < -0.4 is 14.2 Å². The van der Waals surface area contributed by atoms with Crippen LogP contribution in [-0.2, 0) is 27.8 Å². The summed E-state index contributed by atoms with van der Waals surface area (Å²) in [5.74, 6) is 1.62. The van der Waals surface area contributed by atoms with E-state index in [1.165, 1.54) is 23.5 Å². The third kappa shape index (κ3) is 6.67. The lowest BCUT2D eigenvalue weighted by atomic mass is 10.1. The number of hydrogen-bond acceptors (Lipinski definition) is 7. The number of sulfonamides is 1. The highest BCUT2D eigenvalue weighted by molar-refractivity contribution is 7.89. The molecule has 1 fully saturated rings. The molecule has 10 heteroatoms. The summed E-state index contributed by atoms with van der Waals surface area (Å²) >= 11 is 1.64. The van der Waals surface area contributed by atoms with Gasteiger partial charge in [0, 0.05) is 22.3 Å². The second kappa shape index (κ2) is 12.2. The quantitative estimate of drug-likeness (QED) is 0.307. The van der Waals surface area contributed by atoms with Gasteiger partial charge in [-0.3, -0.25) is 4.79 Å². The van der Waals surface area contributed by atoms with Crippen molar-refractivity contribution in [3.63, 3.8) is 0 Å². The minimum atomic E-state index is -3.84. The van der Waals surface area contributed by atoms with Crippen LogP contribution in [0.3, 0.4) is 0 Å². The number of carbonyl (C=O) groups excluding carboxylic acids is 1. The first-order valence-electron chi connectivity index (χ1n) is 12.4. The lowest BCUT2D eigenvalue weighted by molar-refractivity contribution is -0.132. The number of aryl methyl sites for hydroxylation is 1.